The van der Waals surface area contributed by atoms with Gasteiger partial charge in [0.25, 0.3) is 5.91 Å². The Morgan fingerprint density at radius 2 is 2.28 bits per heavy atom. The zero-order valence-corrected chi connectivity index (χ0v) is 11.4. The molecule has 1 aliphatic rings. The molecule has 1 saturated heterocycles. The Labute approximate surface area is 113 Å². The van der Waals surface area contributed by atoms with Crippen molar-refractivity contribution in [1.29, 1.82) is 0 Å². The number of nitrogens with zero attached hydrogens (tertiary/aromatic N) is 1. The van der Waals surface area contributed by atoms with Crippen LogP contribution in [-0.2, 0) is 0 Å². The molecule has 1 fully saturated rings. The summed E-state index contributed by atoms with van der Waals surface area (Å²) in [4.78, 5) is 14.5. The van der Waals surface area contributed by atoms with Crippen molar-refractivity contribution in [1.82, 2.24) is 4.90 Å². The smallest absolute Gasteiger partial charge is 0.255 e. The van der Waals surface area contributed by atoms with Crippen LogP contribution in [0.5, 0.6) is 0 Å². The number of hydrogen-bond donors (Lipinski definition) is 1. The number of carbonyl (C=O) groups excluding carboxylic acids is 1. The summed E-state index contributed by atoms with van der Waals surface area (Å²) in [5, 5.41) is 0.481. The van der Waals surface area contributed by atoms with Gasteiger partial charge in [-0.2, -0.15) is 0 Å². The summed E-state index contributed by atoms with van der Waals surface area (Å²) in [6.45, 7) is 2.94. The molecule has 0 aliphatic carbocycles. The molecule has 2 N–H and O–H groups in total. The van der Waals surface area contributed by atoms with Gasteiger partial charge in [0.05, 0.1) is 10.6 Å². The van der Waals surface area contributed by atoms with E-state index < -0.39 is 0 Å². The largest absolute Gasteiger partial charge is 0.399 e. The molecule has 0 aromatic heterocycles. The van der Waals surface area contributed by atoms with E-state index >= 15 is 0 Å². The summed E-state index contributed by atoms with van der Waals surface area (Å²) in [6, 6.07) is 5.41. The Morgan fingerprint density at radius 3 is 3.00 bits per heavy atom. The Hall–Kier alpha value is -1.22. The van der Waals surface area contributed by atoms with Gasteiger partial charge in [0.1, 0.15) is 0 Å². The number of carbonyl (C=O) groups is 1. The highest BCUT2D eigenvalue weighted by Crippen LogP contribution is 2.26. The Balaban J connectivity index is 2.26. The van der Waals surface area contributed by atoms with Gasteiger partial charge in [-0.25, -0.2) is 0 Å². The number of hydrogen-bond acceptors (Lipinski definition) is 2. The second kappa shape index (κ2) is 5.61. The lowest BCUT2D eigenvalue weighted by molar-refractivity contribution is 0.0608. The first-order valence-electron chi connectivity index (χ1n) is 6.49. The lowest BCUT2D eigenvalue weighted by atomic mass is 9.99. The van der Waals surface area contributed by atoms with Gasteiger partial charge in [0, 0.05) is 18.3 Å². The molecular formula is C14H19ClN2O. The van der Waals surface area contributed by atoms with Crippen LogP contribution < -0.4 is 5.73 Å². The van der Waals surface area contributed by atoms with E-state index in [1.807, 2.05) is 4.90 Å². The van der Waals surface area contributed by atoms with E-state index in [-0.39, 0.29) is 5.91 Å². The van der Waals surface area contributed by atoms with Gasteiger partial charge in [-0.3, -0.25) is 4.79 Å². The average molecular weight is 267 g/mol. The minimum absolute atomic E-state index is 0.0128. The highest BCUT2D eigenvalue weighted by molar-refractivity contribution is 6.34. The number of amides is 1. The van der Waals surface area contributed by atoms with Crippen LogP contribution in [0, 0.1) is 0 Å². The van der Waals surface area contributed by atoms with Gasteiger partial charge >= 0.3 is 0 Å². The quantitative estimate of drug-likeness (QED) is 0.835. The molecule has 1 aliphatic heterocycles. The van der Waals surface area contributed by atoms with E-state index in [1.165, 1.54) is 6.42 Å². The third kappa shape index (κ3) is 2.61. The van der Waals surface area contributed by atoms with Crippen molar-refractivity contribution >= 4 is 23.2 Å². The Kier molecular flexibility index (Phi) is 4.12. The topological polar surface area (TPSA) is 46.3 Å². The number of piperidine rings is 1. The van der Waals surface area contributed by atoms with Crippen LogP contribution in [0.1, 0.15) is 43.0 Å². The van der Waals surface area contributed by atoms with Crippen LogP contribution in [-0.4, -0.2) is 23.4 Å². The number of anilines is 1. The van der Waals surface area contributed by atoms with Crippen molar-refractivity contribution in [3.05, 3.63) is 28.8 Å². The maximum atomic E-state index is 12.5. The number of rotatable bonds is 2. The van der Waals surface area contributed by atoms with E-state index in [0.29, 0.717) is 22.3 Å². The number of benzene rings is 1. The molecule has 2 rings (SSSR count). The van der Waals surface area contributed by atoms with Crippen molar-refractivity contribution < 1.29 is 4.79 Å². The molecule has 3 nitrogen and oxygen atoms in total. The predicted molar refractivity (Wildman–Crippen MR) is 74.8 cm³/mol. The molecule has 1 atom stereocenters. The zero-order chi connectivity index (χ0) is 13.1. The number of likely N-dealkylation sites (tertiary alicyclic amines) is 1. The van der Waals surface area contributed by atoms with Crippen molar-refractivity contribution in [3.63, 3.8) is 0 Å². The van der Waals surface area contributed by atoms with E-state index in [0.717, 1.165) is 25.8 Å². The second-order valence-corrected chi connectivity index (χ2v) is 5.20. The van der Waals surface area contributed by atoms with Crippen molar-refractivity contribution in [3.8, 4) is 0 Å². The summed E-state index contributed by atoms with van der Waals surface area (Å²) < 4.78 is 0. The maximum absolute atomic E-state index is 12.5. The first kappa shape index (κ1) is 13.2. The Morgan fingerprint density at radius 1 is 1.50 bits per heavy atom. The summed E-state index contributed by atoms with van der Waals surface area (Å²) >= 11 is 6.10. The molecule has 0 radical (unpaired) electrons. The molecule has 0 bridgehead atoms. The first-order valence-corrected chi connectivity index (χ1v) is 6.87. The van der Waals surface area contributed by atoms with Crippen LogP contribution in [0.4, 0.5) is 5.69 Å². The Bertz CT molecular complexity index is 447. The SMILES string of the molecule is CC[C@H]1CCCCN1C(=O)c1cc(N)ccc1Cl. The highest BCUT2D eigenvalue weighted by atomic mass is 35.5. The van der Waals surface area contributed by atoms with E-state index in [9.17, 15) is 4.79 Å². The van der Waals surface area contributed by atoms with Crippen molar-refractivity contribution in [2.75, 3.05) is 12.3 Å². The average Bonchev–Trinajstić information content (AvgIpc) is 2.40. The number of nitrogen functional groups attached to an aromatic ring is 1. The fourth-order valence-electron chi connectivity index (χ4n) is 2.55. The standard InChI is InChI=1S/C14H19ClN2O/c1-2-11-5-3-4-8-17(11)14(18)12-9-10(16)6-7-13(12)15/h6-7,9,11H,2-5,8,16H2,1H3/t11-/m0/s1. The minimum Gasteiger partial charge on any atom is -0.399 e. The molecular weight excluding hydrogens is 248 g/mol. The molecule has 18 heavy (non-hydrogen) atoms. The molecule has 98 valence electrons. The first-order chi connectivity index (χ1) is 8.63. The molecule has 0 spiro atoms. The van der Waals surface area contributed by atoms with Crippen molar-refractivity contribution in [2.45, 2.75) is 38.6 Å². The van der Waals surface area contributed by atoms with Gasteiger partial charge in [0.15, 0.2) is 0 Å². The van der Waals surface area contributed by atoms with E-state index in [2.05, 4.69) is 6.92 Å². The summed E-state index contributed by atoms with van der Waals surface area (Å²) in [6.07, 6.45) is 4.35. The molecule has 1 amide bonds. The van der Waals surface area contributed by atoms with Crippen LogP contribution in [0.3, 0.4) is 0 Å². The third-order valence-electron chi connectivity index (χ3n) is 3.58. The lowest BCUT2D eigenvalue weighted by Crippen LogP contribution is -2.43. The second-order valence-electron chi connectivity index (χ2n) is 4.80. The lowest BCUT2D eigenvalue weighted by Gasteiger charge is -2.35. The monoisotopic (exact) mass is 266 g/mol. The van der Waals surface area contributed by atoms with Crippen LogP contribution in [0.2, 0.25) is 5.02 Å². The van der Waals surface area contributed by atoms with Gasteiger partial charge in [-0.15, -0.1) is 0 Å². The van der Waals surface area contributed by atoms with Crippen LogP contribution in [0.25, 0.3) is 0 Å². The zero-order valence-electron chi connectivity index (χ0n) is 10.7. The minimum atomic E-state index is 0.0128. The molecule has 1 heterocycles. The predicted octanol–water partition coefficient (Wildman–Crippen LogP) is 3.33. The van der Waals surface area contributed by atoms with E-state index in [4.69, 9.17) is 17.3 Å². The molecule has 0 saturated carbocycles. The van der Waals surface area contributed by atoms with Gasteiger partial charge in [-0.1, -0.05) is 18.5 Å². The van der Waals surface area contributed by atoms with Crippen LogP contribution >= 0.6 is 11.6 Å². The fraction of sp³-hybridized carbons (Fsp3) is 0.500. The summed E-state index contributed by atoms with van der Waals surface area (Å²) in [5.41, 5.74) is 6.83. The maximum Gasteiger partial charge on any atom is 0.255 e. The fourth-order valence-corrected chi connectivity index (χ4v) is 2.75. The molecule has 0 unspecified atom stereocenters. The van der Waals surface area contributed by atoms with Gasteiger partial charge in [-0.05, 0) is 43.9 Å². The van der Waals surface area contributed by atoms with E-state index in [1.54, 1.807) is 18.2 Å². The molecule has 1 aromatic rings. The normalized spacial score (nSPS) is 19.9. The summed E-state index contributed by atoms with van der Waals surface area (Å²) in [5.74, 6) is 0.0128. The van der Waals surface area contributed by atoms with Crippen molar-refractivity contribution in [2.24, 2.45) is 0 Å². The number of halogens is 1. The molecule has 1 aromatic carbocycles. The third-order valence-corrected chi connectivity index (χ3v) is 3.91. The van der Waals surface area contributed by atoms with Gasteiger partial charge < -0.3 is 10.6 Å². The highest BCUT2D eigenvalue weighted by Gasteiger charge is 2.27. The van der Waals surface area contributed by atoms with Crippen LogP contribution in [0.15, 0.2) is 18.2 Å². The molecule has 4 heteroatoms. The van der Waals surface area contributed by atoms with Gasteiger partial charge in [0.2, 0.25) is 0 Å². The summed E-state index contributed by atoms with van der Waals surface area (Å²) in [7, 11) is 0. The number of nitrogens with two attached hydrogens (primary N) is 1.